The van der Waals surface area contributed by atoms with Crippen molar-refractivity contribution in [3.8, 4) is 0 Å². The van der Waals surface area contributed by atoms with E-state index in [4.69, 9.17) is 9.47 Å². The highest BCUT2D eigenvalue weighted by Gasteiger charge is 2.29. The molecule has 0 saturated heterocycles. The van der Waals surface area contributed by atoms with Crippen LogP contribution in [-0.4, -0.2) is 39.5 Å². The van der Waals surface area contributed by atoms with Gasteiger partial charge in [-0.15, -0.1) is 0 Å². The number of hydrogen-bond donors (Lipinski definition) is 0. The molecule has 4 rings (SSSR count). The Labute approximate surface area is 509 Å². The van der Waals surface area contributed by atoms with Gasteiger partial charge < -0.3 is 14.2 Å². The van der Waals surface area contributed by atoms with E-state index in [2.05, 4.69) is 159 Å². The van der Waals surface area contributed by atoms with Crippen molar-refractivity contribution in [2.24, 2.45) is 40.9 Å². The van der Waals surface area contributed by atoms with Gasteiger partial charge in [0.05, 0.1) is 26.2 Å². The number of carbonyl (C=O) groups excluding carboxylic acids is 1. The fraction of sp³-hybridized carbons (Fsp3) is 0.882. The molecule has 0 amide bonds. The summed E-state index contributed by atoms with van der Waals surface area (Å²) in [5.74, 6) is 5.24. The number of ether oxygens (including phenoxy) is 3. The number of allylic oxidation sites excluding steroid dienone is 2. The van der Waals surface area contributed by atoms with Gasteiger partial charge in [0, 0.05) is 13.2 Å². The topological polar surface area (TPSA) is 44.8 Å². The van der Waals surface area contributed by atoms with Crippen molar-refractivity contribution in [2.45, 2.75) is 365 Å². The molecule has 3 fully saturated rings. The molecule has 3 aliphatic rings. The lowest BCUT2D eigenvalue weighted by molar-refractivity contribution is -0.145. The van der Waals surface area contributed by atoms with E-state index in [0.717, 1.165) is 100.0 Å². The van der Waals surface area contributed by atoms with Crippen LogP contribution in [0.15, 0.2) is 36.4 Å². The molecule has 0 spiro atoms. The molecule has 3 aliphatic carbocycles. The van der Waals surface area contributed by atoms with E-state index in [1.54, 1.807) is 0 Å². The largest absolute Gasteiger partial charge is 0.469 e. The molecule has 4 heteroatoms. The van der Waals surface area contributed by atoms with Crippen molar-refractivity contribution in [3.63, 3.8) is 0 Å². The van der Waals surface area contributed by atoms with Gasteiger partial charge in [-0.1, -0.05) is 324 Å². The lowest BCUT2D eigenvalue weighted by Crippen LogP contribution is -2.23. The molecule has 1 aromatic carbocycles. The Morgan fingerprint density at radius 2 is 0.850 bits per heavy atom. The van der Waals surface area contributed by atoms with Crippen molar-refractivity contribution >= 4 is 5.97 Å². The van der Waals surface area contributed by atoms with Crippen LogP contribution in [0.2, 0.25) is 0 Å². The number of esters is 1. The Kier molecular flexibility index (Phi) is 84.5. The van der Waals surface area contributed by atoms with Crippen molar-refractivity contribution in [1.82, 2.24) is 0 Å². The molecule has 1 aromatic rings. The number of aryl methyl sites for hydroxylation is 2. The summed E-state index contributed by atoms with van der Waals surface area (Å²) in [7, 11) is 1.43. The predicted molar refractivity (Wildman–Crippen MR) is 369 cm³/mol. The number of benzene rings is 1. The SMILES string of the molecule is C.C.CCC.CCC(C)CC.CCC(CC)C(=O)OC.CCC/C=C/CCC.CCC1CCC(CC)CC1.CCC1CCCCC1CC.CCCC1(CCC)CCCCC1.CCCOCCOCCC.CCc1ccc(CC)cc1. The summed E-state index contributed by atoms with van der Waals surface area (Å²) >= 11 is 0. The minimum atomic E-state index is -0.0833. The molecular weight excluding hydrogens is 977 g/mol. The highest BCUT2D eigenvalue weighted by atomic mass is 16.5. The molecule has 80 heavy (non-hydrogen) atoms. The zero-order valence-corrected chi connectivity index (χ0v) is 57.4. The lowest BCUT2D eigenvalue weighted by atomic mass is 9.69. The lowest BCUT2D eigenvalue weighted by Gasteiger charge is -2.37. The van der Waals surface area contributed by atoms with Gasteiger partial charge in [0.1, 0.15) is 0 Å². The molecule has 484 valence electrons. The smallest absolute Gasteiger partial charge is 0.308 e. The highest BCUT2D eigenvalue weighted by molar-refractivity contribution is 5.72. The molecular formula is C76H156O4. The van der Waals surface area contributed by atoms with E-state index in [1.165, 1.54) is 198 Å². The van der Waals surface area contributed by atoms with Crippen molar-refractivity contribution < 1.29 is 19.0 Å². The van der Waals surface area contributed by atoms with Crippen LogP contribution in [0, 0.1) is 40.9 Å². The second-order valence-corrected chi connectivity index (χ2v) is 23.3. The summed E-state index contributed by atoms with van der Waals surface area (Å²) in [6.45, 7) is 45.2. The minimum absolute atomic E-state index is 0. The first-order valence-corrected chi connectivity index (χ1v) is 34.7. The quantitative estimate of drug-likeness (QED) is 0.0527. The van der Waals surface area contributed by atoms with Gasteiger partial charge in [-0.05, 0) is 123 Å². The molecule has 3 saturated carbocycles. The molecule has 0 bridgehead atoms. The minimum Gasteiger partial charge on any atom is -0.469 e. The number of unbranched alkanes of at least 4 members (excludes halogenated alkanes) is 2. The summed E-state index contributed by atoms with van der Waals surface area (Å²) in [5, 5.41) is 0. The summed E-state index contributed by atoms with van der Waals surface area (Å²) in [5.41, 5.74) is 3.64. The third-order valence-corrected chi connectivity index (χ3v) is 16.6. The number of hydrogen-bond acceptors (Lipinski definition) is 4. The highest BCUT2D eigenvalue weighted by Crippen LogP contribution is 2.43. The molecule has 0 heterocycles. The summed E-state index contributed by atoms with van der Waals surface area (Å²) < 4.78 is 15.0. The third kappa shape index (κ3) is 59.5. The fourth-order valence-electron chi connectivity index (χ4n) is 10.7. The Hall–Kier alpha value is -1.65. The molecule has 2 unspecified atom stereocenters. The number of methoxy groups -OCH3 is 1. The Bertz CT molecular complexity index is 1170. The molecule has 0 aromatic heterocycles. The van der Waals surface area contributed by atoms with E-state index < -0.39 is 0 Å². The Morgan fingerprint density at radius 3 is 1.07 bits per heavy atom. The van der Waals surface area contributed by atoms with Crippen molar-refractivity contribution in [3.05, 3.63) is 47.5 Å². The van der Waals surface area contributed by atoms with Gasteiger partial charge in [0.25, 0.3) is 0 Å². The monoisotopic (exact) mass is 1130 g/mol. The van der Waals surface area contributed by atoms with Crippen molar-refractivity contribution in [1.29, 1.82) is 0 Å². The Balaban J connectivity index is -0.000000151. The average Bonchev–Trinajstić information content (AvgIpc) is 3.48. The third-order valence-electron chi connectivity index (χ3n) is 16.6. The second kappa shape index (κ2) is 73.5. The number of carbonyl (C=O) groups is 1. The maximum absolute atomic E-state index is 10.8. The molecule has 0 aliphatic heterocycles. The maximum atomic E-state index is 10.8. The van der Waals surface area contributed by atoms with E-state index >= 15 is 0 Å². The molecule has 4 nitrogen and oxygen atoms in total. The number of rotatable bonds is 26. The summed E-state index contributed by atoms with van der Waals surface area (Å²) in [6.07, 6.45) is 50.7. The van der Waals surface area contributed by atoms with Gasteiger partial charge in [0.2, 0.25) is 0 Å². The van der Waals surface area contributed by atoms with Crippen LogP contribution < -0.4 is 0 Å². The average molecular weight is 1130 g/mol. The van der Waals surface area contributed by atoms with E-state index in [1.807, 2.05) is 13.8 Å². The van der Waals surface area contributed by atoms with Crippen molar-refractivity contribution in [2.75, 3.05) is 33.5 Å². The van der Waals surface area contributed by atoms with Gasteiger partial charge in [-0.25, -0.2) is 0 Å². The molecule has 0 N–H and O–H groups in total. The Morgan fingerprint density at radius 1 is 0.487 bits per heavy atom. The first-order chi connectivity index (χ1) is 37.7. The fourth-order valence-corrected chi connectivity index (χ4v) is 10.7. The van der Waals surface area contributed by atoms with E-state index in [0.29, 0.717) is 0 Å². The predicted octanol–water partition coefficient (Wildman–Crippen LogP) is 26.3. The van der Waals surface area contributed by atoms with Crippen LogP contribution in [0.5, 0.6) is 0 Å². The van der Waals surface area contributed by atoms with Gasteiger partial charge >= 0.3 is 5.97 Å². The standard InChI is InChI=1S/C12H24.C10H20.C10H14.C10H20.C8H18O2.C8H16.C7H14O2.C6H14.C3H8.2CH4/c1-3-8-12(9-4-2)10-6-5-7-11-12;2*1-3-9-5-7-10(4-2)8-6-9;1-3-9-7-5-6-8-10(9)4-2;1-3-5-9-7-8-10-6-4-2;1-3-5-7-8-6-4-2;1-4-6(5-2)7(8)9-3;1-4-6(3)5-2;1-3-2;;/h3-11H2,1-2H3;9-10H,3-8H2,1-2H3;5-8H,3-4H2,1-2H3;9-10H,3-8H2,1-2H3;3-8H2,1-2H3;7-8H,3-6H2,1-2H3;6H,4-5H2,1-3H3;6H,4-5H2,1-3H3;3H2,1-2H3;2*1H4/b;;;;;8-7+;;;;;. The van der Waals surface area contributed by atoms with Crippen LogP contribution in [0.25, 0.3) is 0 Å². The van der Waals surface area contributed by atoms with Gasteiger partial charge in [-0.3, -0.25) is 4.79 Å². The van der Waals surface area contributed by atoms with Crippen LogP contribution in [0.3, 0.4) is 0 Å². The zero-order valence-electron chi connectivity index (χ0n) is 57.4. The first-order valence-electron chi connectivity index (χ1n) is 34.7. The van der Waals surface area contributed by atoms with Crippen LogP contribution >= 0.6 is 0 Å². The second-order valence-electron chi connectivity index (χ2n) is 23.3. The summed E-state index contributed by atoms with van der Waals surface area (Å²) in [4.78, 5) is 10.8. The molecule has 2 atom stereocenters. The van der Waals surface area contributed by atoms with E-state index in [-0.39, 0.29) is 26.7 Å². The zero-order chi connectivity index (χ0) is 59.9. The maximum Gasteiger partial charge on any atom is 0.308 e. The van der Waals surface area contributed by atoms with Crippen LogP contribution in [0.4, 0.5) is 0 Å². The summed E-state index contributed by atoms with van der Waals surface area (Å²) in [6, 6.07) is 8.83. The molecule has 0 radical (unpaired) electrons. The first kappa shape index (κ1) is 92.1. The van der Waals surface area contributed by atoms with Crippen LogP contribution in [-0.2, 0) is 31.8 Å². The van der Waals surface area contributed by atoms with Gasteiger partial charge in [0.15, 0.2) is 0 Å². The van der Waals surface area contributed by atoms with E-state index in [9.17, 15) is 4.79 Å². The van der Waals surface area contributed by atoms with Crippen LogP contribution in [0.1, 0.15) is 363 Å². The van der Waals surface area contributed by atoms with Gasteiger partial charge in [-0.2, -0.15) is 0 Å². The normalized spacial score (nSPS) is 17.6.